The van der Waals surface area contributed by atoms with Crippen molar-refractivity contribution in [3.63, 3.8) is 0 Å². The van der Waals surface area contributed by atoms with E-state index in [1.54, 1.807) is 47.5 Å². The third-order valence-corrected chi connectivity index (χ3v) is 5.29. The zero-order valence-electron chi connectivity index (χ0n) is 18.9. The number of nitrogens with one attached hydrogen (secondary N) is 4. The van der Waals surface area contributed by atoms with Gasteiger partial charge in [-0.2, -0.15) is 0 Å². The summed E-state index contributed by atoms with van der Waals surface area (Å²) in [6, 6.07) is 15.6. The number of pyridine rings is 1. The van der Waals surface area contributed by atoms with Crippen molar-refractivity contribution >= 4 is 46.4 Å². The molecule has 0 saturated carbocycles. The van der Waals surface area contributed by atoms with Crippen LogP contribution in [-0.4, -0.2) is 40.8 Å². The van der Waals surface area contributed by atoms with E-state index in [2.05, 4.69) is 26.3 Å². The summed E-state index contributed by atoms with van der Waals surface area (Å²) >= 11 is 0. The Morgan fingerprint density at radius 3 is 1.97 bits per heavy atom. The second kappa shape index (κ2) is 11.1. The van der Waals surface area contributed by atoms with Crippen LogP contribution in [0.25, 0.3) is 0 Å². The van der Waals surface area contributed by atoms with Crippen molar-refractivity contribution in [2.24, 2.45) is 0 Å². The van der Waals surface area contributed by atoms with E-state index in [9.17, 15) is 18.8 Å². The van der Waals surface area contributed by atoms with Gasteiger partial charge in [-0.3, -0.25) is 14.9 Å². The maximum absolute atomic E-state index is 12.9. The molecule has 4 amide bonds. The molecule has 9 nitrogen and oxygen atoms in total. The van der Waals surface area contributed by atoms with Crippen molar-refractivity contribution in [3.8, 4) is 0 Å². The van der Waals surface area contributed by atoms with Gasteiger partial charge in [0.2, 0.25) is 11.8 Å². The second-order valence-corrected chi connectivity index (χ2v) is 8.04. The molecule has 4 N–H and O–H groups in total. The molecule has 10 heteroatoms. The first-order valence-electron chi connectivity index (χ1n) is 11.2. The van der Waals surface area contributed by atoms with E-state index in [1.807, 2.05) is 0 Å². The first kappa shape index (κ1) is 23.7. The summed E-state index contributed by atoms with van der Waals surface area (Å²) in [6.45, 7) is 1.51. The lowest BCUT2D eigenvalue weighted by molar-refractivity contribution is -0.123. The van der Waals surface area contributed by atoms with Gasteiger partial charge in [-0.1, -0.05) is 0 Å². The summed E-state index contributed by atoms with van der Waals surface area (Å²) in [5.74, 6) is -0.933. The van der Waals surface area contributed by atoms with Gasteiger partial charge in [0, 0.05) is 48.1 Å². The minimum atomic E-state index is -0.502. The summed E-state index contributed by atoms with van der Waals surface area (Å²) in [7, 11) is 0. The highest BCUT2D eigenvalue weighted by molar-refractivity contribution is 6.08. The molecule has 0 atom stereocenters. The van der Waals surface area contributed by atoms with Crippen LogP contribution in [0.2, 0.25) is 0 Å². The molecule has 1 aliphatic rings. The lowest BCUT2D eigenvalue weighted by Gasteiger charge is -2.16. The Morgan fingerprint density at radius 1 is 0.771 bits per heavy atom. The maximum Gasteiger partial charge on any atom is 0.323 e. The van der Waals surface area contributed by atoms with Gasteiger partial charge in [-0.05, 0) is 67.4 Å². The molecular formula is C25H25FN6O3. The van der Waals surface area contributed by atoms with Crippen molar-refractivity contribution in [1.82, 2.24) is 9.88 Å². The molecule has 1 aromatic heterocycles. The van der Waals surface area contributed by atoms with Gasteiger partial charge >= 0.3 is 6.03 Å². The Labute approximate surface area is 201 Å². The maximum atomic E-state index is 12.9. The number of carbonyl (C=O) groups is 3. The van der Waals surface area contributed by atoms with Gasteiger partial charge in [-0.15, -0.1) is 0 Å². The van der Waals surface area contributed by atoms with E-state index in [0.29, 0.717) is 17.2 Å². The number of hydrogen-bond acceptors (Lipinski definition) is 5. The van der Waals surface area contributed by atoms with Crippen molar-refractivity contribution in [1.29, 1.82) is 0 Å². The van der Waals surface area contributed by atoms with Gasteiger partial charge < -0.3 is 20.9 Å². The van der Waals surface area contributed by atoms with Gasteiger partial charge in [-0.25, -0.2) is 14.2 Å². The molecule has 0 radical (unpaired) electrons. The fraction of sp³-hybridized carbons (Fsp3) is 0.200. The van der Waals surface area contributed by atoms with Crippen LogP contribution in [-0.2, 0) is 9.59 Å². The molecule has 0 spiro atoms. The second-order valence-electron chi connectivity index (χ2n) is 8.04. The van der Waals surface area contributed by atoms with Crippen LogP contribution >= 0.6 is 0 Å². The summed E-state index contributed by atoms with van der Waals surface area (Å²) in [6.07, 6.45) is 3.26. The molecule has 2 heterocycles. The van der Waals surface area contributed by atoms with Crippen LogP contribution in [0.1, 0.15) is 19.3 Å². The number of hydrogen-bond donors (Lipinski definition) is 4. The number of amides is 4. The summed E-state index contributed by atoms with van der Waals surface area (Å²) < 4.78 is 12.9. The highest BCUT2D eigenvalue weighted by Crippen LogP contribution is 2.21. The quantitative estimate of drug-likeness (QED) is 0.373. The monoisotopic (exact) mass is 476 g/mol. The molecule has 180 valence electrons. The Hall–Kier alpha value is -4.47. The minimum Gasteiger partial charge on any atom is -0.355 e. The van der Waals surface area contributed by atoms with E-state index < -0.39 is 17.6 Å². The molecular weight excluding hydrogens is 451 g/mol. The van der Waals surface area contributed by atoms with Crippen molar-refractivity contribution in [3.05, 3.63) is 72.7 Å². The normalized spacial score (nSPS) is 12.7. The van der Waals surface area contributed by atoms with E-state index in [-0.39, 0.29) is 12.5 Å². The number of benzene rings is 2. The highest BCUT2D eigenvalue weighted by Gasteiger charge is 2.18. The first-order chi connectivity index (χ1) is 16.9. The van der Waals surface area contributed by atoms with Crippen LogP contribution in [0, 0.1) is 5.82 Å². The molecule has 35 heavy (non-hydrogen) atoms. The number of anilines is 5. The molecule has 0 unspecified atom stereocenters. The molecule has 2 aromatic carbocycles. The number of likely N-dealkylation sites (tertiary alicyclic amines) is 1. The molecule has 4 rings (SSSR count). The number of rotatable bonds is 7. The average Bonchev–Trinajstić information content (AvgIpc) is 3.37. The predicted octanol–water partition coefficient (Wildman–Crippen LogP) is 4.56. The Balaban J connectivity index is 1.27. The number of urea groups is 1. The van der Waals surface area contributed by atoms with E-state index in [4.69, 9.17) is 0 Å². The van der Waals surface area contributed by atoms with Crippen LogP contribution in [0.5, 0.6) is 0 Å². The third-order valence-electron chi connectivity index (χ3n) is 5.29. The van der Waals surface area contributed by atoms with E-state index >= 15 is 0 Å². The summed E-state index contributed by atoms with van der Waals surface area (Å²) in [5, 5.41) is 11.2. The smallest absolute Gasteiger partial charge is 0.323 e. The Kier molecular flexibility index (Phi) is 7.51. The minimum absolute atomic E-state index is 0.154. The van der Waals surface area contributed by atoms with E-state index in [1.165, 1.54) is 24.3 Å². The topological polar surface area (TPSA) is 115 Å². The average molecular weight is 477 g/mol. The fourth-order valence-corrected chi connectivity index (χ4v) is 3.58. The lowest BCUT2D eigenvalue weighted by atomic mass is 10.2. The third kappa shape index (κ3) is 7.00. The van der Waals surface area contributed by atoms with Crippen LogP contribution < -0.4 is 21.3 Å². The Morgan fingerprint density at radius 2 is 1.34 bits per heavy atom. The van der Waals surface area contributed by atoms with Gasteiger partial charge in [0.25, 0.3) is 0 Å². The number of halogens is 1. The van der Waals surface area contributed by atoms with Crippen LogP contribution in [0.15, 0.2) is 66.9 Å². The Bertz CT molecular complexity index is 1190. The molecule has 1 aliphatic heterocycles. The molecule has 1 saturated heterocycles. The fourth-order valence-electron chi connectivity index (χ4n) is 3.58. The van der Waals surface area contributed by atoms with Crippen LogP contribution in [0.3, 0.4) is 0 Å². The molecule has 0 bridgehead atoms. The molecule has 3 aromatic rings. The van der Waals surface area contributed by atoms with Crippen molar-refractivity contribution in [2.75, 3.05) is 34.4 Å². The number of aromatic nitrogens is 1. The van der Waals surface area contributed by atoms with Crippen LogP contribution in [0.4, 0.5) is 37.8 Å². The predicted molar refractivity (Wildman–Crippen MR) is 132 cm³/mol. The largest absolute Gasteiger partial charge is 0.355 e. The zero-order valence-corrected chi connectivity index (χ0v) is 18.9. The van der Waals surface area contributed by atoms with Crippen molar-refractivity contribution in [2.45, 2.75) is 19.3 Å². The zero-order chi connectivity index (χ0) is 24.6. The lowest BCUT2D eigenvalue weighted by Crippen LogP contribution is -2.32. The van der Waals surface area contributed by atoms with Gasteiger partial charge in [0.15, 0.2) is 0 Å². The standard InChI is InChI=1S/C25H25FN6O3/c26-17-3-5-19(6-4-17)29-23(33)16-24(34)30-20-9-7-18(8-10-20)28-21-11-12-27-22(15-21)31-25(35)32-13-1-2-14-32/h3-12,15H,1-2,13-14,16H2,(H,29,33)(H,30,34)(H2,27,28,31,35). The highest BCUT2D eigenvalue weighted by atomic mass is 19.1. The summed E-state index contributed by atoms with van der Waals surface area (Å²) in [4.78, 5) is 42.4. The van der Waals surface area contributed by atoms with E-state index in [0.717, 1.165) is 37.3 Å². The van der Waals surface area contributed by atoms with Crippen molar-refractivity contribution < 1.29 is 18.8 Å². The number of carbonyl (C=O) groups excluding carboxylic acids is 3. The molecule has 0 aliphatic carbocycles. The number of nitrogens with zero attached hydrogens (tertiary/aromatic N) is 2. The first-order valence-corrected chi connectivity index (χ1v) is 11.2. The molecule has 1 fully saturated rings. The van der Waals surface area contributed by atoms with Gasteiger partial charge in [0.05, 0.1) is 0 Å². The summed E-state index contributed by atoms with van der Waals surface area (Å²) in [5.41, 5.74) is 2.45. The SMILES string of the molecule is O=C(CC(=O)Nc1ccc(Nc2ccnc(NC(=O)N3CCCC3)c2)cc1)Nc1ccc(F)cc1. The van der Waals surface area contributed by atoms with Gasteiger partial charge in [0.1, 0.15) is 18.1 Å².